The van der Waals surface area contributed by atoms with Crippen molar-refractivity contribution < 1.29 is 14.3 Å². The second kappa shape index (κ2) is 4.75. The van der Waals surface area contributed by atoms with Crippen LogP contribution in [0.25, 0.3) is 0 Å². The van der Waals surface area contributed by atoms with Crippen molar-refractivity contribution in [3.63, 3.8) is 0 Å². The van der Waals surface area contributed by atoms with Crippen LogP contribution in [0.15, 0.2) is 0 Å². The Morgan fingerprint density at radius 2 is 2.29 bits per heavy atom. The van der Waals surface area contributed by atoms with E-state index in [9.17, 15) is 4.79 Å². The van der Waals surface area contributed by atoms with Gasteiger partial charge in [0.15, 0.2) is 0 Å². The maximum Gasteiger partial charge on any atom is 0.328 e. The third-order valence-electron chi connectivity index (χ3n) is 2.81. The number of nitrogens with two attached hydrogens (primary N) is 1. The summed E-state index contributed by atoms with van der Waals surface area (Å²) in [5.41, 5.74) is 5.12. The molecule has 0 aromatic carbocycles. The first-order valence-corrected chi connectivity index (χ1v) is 5.14. The third kappa shape index (κ3) is 2.07. The van der Waals surface area contributed by atoms with Gasteiger partial charge in [0.2, 0.25) is 0 Å². The zero-order valence-electron chi connectivity index (χ0n) is 8.91. The number of esters is 1. The van der Waals surface area contributed by atoms with Crippen LogP contribution < -0.4 is 5.73 Å². The van der Waals surface area contributed by atoms with E-state index in [4.69, 9.17) is 15.2 Å². The highest BCUT2D eigenvalue weighted by atomic mass is 16.5. The Bertz CT molecular complexity index is 206. The van der Waals surface area contributed by atoms with Gasteiger partial charge >= 0.3 is 5.97 Å². The fourth-order valence-electron chi connectivity index (χ4n) is 2.02. The Morgan fingerprint density at radius 3 is 2.86 bits per heavy atom. The van der Waals surface area contributed by atoms with E-state index < -0.39 is 5.54 Å². The van der Waals surface area contributed by atoms with Gasteiger partial charge in [0.1, 0.15) is 5.54 Å². The van der Waals surface area contributed by atoms with Crippen LogP contribution in [0.5, 0.6) is 0 Å². The summed E-state index contributed by atoms with van der Waals surface area (Å²) in [4.78, 5) is 11.5. The molecule has 0 saturated heterocycles. The minimum Gasteiger partial charge on any atom is -0.468 e. The molecule has 0 heterocycles. The van der Waals surface area contributed by atoms with E-state index in [1.165, 1.54) is 7.11 Å². The van der Waals surface area contributed by atoms with Gasteiger partial charge in [0.05, 0.1) is 13.2 Å². The third-order valence-corrected chi connectivity index (χ3v) is 2.81. The van der Waals surface area contributed by atoms with Crippen molar-refractivity contribution in [3.8, 4) is 0 Å². The molecule has 2 unspecified atom stereocenters. The van der Waals surface area contributed by atoms with Gasteiger partial charge in [-0.15, -0.1) is 0 Å². The van der Waals surface area contributed by atoms with E-state index >= 15 is 0 Å². The number of hydrogen-bond acceptors (Lipinski definition) is 4. The Morgan fingerprint density at radius 1 is 1.57 bits per heavy atom. The Hall–Kier alpha value is -0.610. The second-order valence-corrected chi connectivity index (χ2v) is 3.72. The molecule has 0 spiro atoms. The van der Waals surface area contributed by atoms with Crippen molar-refractivity contribution in [1.29, 1.82) is 0 Å². The predicted molar refractivity (Wildman–Crippen MR) is 52.8 cm³/mol. The summed E-state index contributed by atoms with van der Waals surface area (Å²) in [7, 11) is 1.37. The van der Waals surface area contributed by atoms with Crippen LogP contribution in [0.3, 0.4) is 0 Å². The van der Waals surface area contributed by atoms with Gasteiger partial charge in [0.25, 0.3) is 0 Å². The monoisotopic (exact) mass is 201 g/mol. The van der Waals surface area contributed by atoms with Crippen molar-refractivity contribution in [3.05, 3.63) is 0 Å². The van der Waals surface area contributed by atoms with Gasteiger partial charge in [0, 0.05) is 6.61 Å². The maximum absolute atomic E-state index is 11.5. The van der Waals surface area contributed by atoms with E-state index in [1.807, 2.05) is 6.92 Å². The number of hydrogen-bond donors (Lipinski definition) is 1. The Kier molecular flexibility index (Phi) is 3.89. The molecule has 1 aliphatic rings. The first kappa shape index (κ1) is 11.5. The number of rotatable bonds is 3. The molecule has 1 rings (SSSR count). The van der Waals surface area contributed by atoms with Crippen molar-refractivity contribution in [1.82, 2.24) is 0 Å². The minimum absolute atomic E-state index is 0.186. The Labute approximate surface area is 84.7 Å². The lowest BCUT2D eigenvalue weighted by atomic mass is 9.80. The fourth-order valence-corrected chi connectivity index (χ4v) is 2.02. The lowest BCUT2D eigenvalue weighted by Gasteiger charge is -2.38. The smallest absolute Gasteiger partial charge is 0.328 e. The van der Waals surface area contributed by atoms with Gasteiger partial charge in [-0.05, 0) is 19.8 Å². The highest BCUT2D eigenvalue weighted by Crippen LogP contribution is 2.29. The van der Waals surface area contributed by atoms with E-state index in [1.54, 1.807) is 0 Å². The number of carbonyl (C=O) groups excluding carboxylic acids is 1. The summed E-state index contributed by atoms with van der Waals surface area (Å²) in [5.74, 6) is -0.351. The van der Waals surface area contributed by atoms with Crippen LogP contribution in [0.1, 0.15) is 32.6 Å². The van der Waals surface area contributed by atoms with Gasteiger partial charge < -0.3 is 15.2 Å². The standard InChI is InChI=1S/C10H19NO3/c1-3-14-8-6-4-5-7-10(8,11)9(12)13-2/h8H,3-7,11H2,1-2H3. The molecule has 0 aromatic rings. The lowest BCUT2D eigenvalue weighted by Crippen LogP contribution is -2.60. The van der Waals surface area contributed by atoms with Gasteiger partial charge in [-0.25, -0.2) is 4.79 Å². The summed E-state index contributed by atoms with van der Waals surface area (Å²) in [6.45, 7) is 2.49. The van der Waals surface area contributed by atoms with E-state index in [0.717, 1.165) is 19.3 Å². The molecule has 82 valence electrons. The SMILES string of the molecule is CCOC1CCCCC1(N)C(=O)OC. The van der Waals surface area contributed by atoms with Crippen LogP contribution in [0.2, 0.25) is 0 Å². The van der Waals surface area contributed by atoms with Crippen molar-refractivity contribution in [2.24, 2.45) is 5.73 Å². The van der Waals surface area contributed by atoms with Crippen LogP contribution >= 0.6 is 0 Å². The molecule has 2 N–H and O–H groups in total. The Balaban J connectivity index is 2.73. The molecule has 0 amide bonds. The van der Waals surface area contributed by atoms with E-state index in [0.29, 0.717) is 13.0 Å². The van der Waals surface area contributed by atoms with Crippen LogP contribution in [0, 0.1) is 0 Å². The van der Waals surface area contributed by atoms with Crippen molar-refractivity contribution >= 4 is 5.97 Å². The summed E-state index contributed by atoms with van der Waals surface area (Å²) in [5, 5.41) is 0. The molecule has 0 aromatic heterocycles. The van der Waals surface area contributed by atoms with Crippen molar-refractivity contribution in [2.75, 3.05) is 13.7 Å². The van der Waals surface area contributed by atoms with E-state index in [-0.39, 0.29) is 12.1 Å². The molecule has 1 aliphatic carbocycles. The fraction of sp³-hybridized carbons (Fsp3) is 0.900. The number of ether oxygens (including phenoxy) is 2. The number of methoxy groups -OCH3 is 1. The average Bonchev–Trinajstić information content (AvgIpc) is 2.20. The normalized spacial score (nSPS) is 32.6. The van der Waals surface area contributed by atoms with E-state index in [2.05, 4.69) is 0 Å². The van der Waals surface area contributed by atoms with Crippen LogP contribution in [-0.4, -0.2) is 31.3 Å². The minimum atomic E-state index is -0.928. The molecule has 1 saturated carbocycles. The molecule has 14 heavy (non-hydrogen) atoms. The molecule has 0 aliphatic heterocycles. The van der Waals surface area contributed by atoms with Crippen LogP contribution in [-0.2, 0) is 14.3 Å². The first-order chi connectivity index (χ1) is 6.65. The highest BCUT2D eigenvalue weighted by molar-refractivity contribution is 5.81. The first-order valence-electron chi connectivity index (χ1n) is 5.14. The zero-order valence-corrected chi connectivity index (χ0v) is 8.91. The van der Waals surface area contributed by atoms with Crippen molar-refractivity contribution in [2.45, 2.75) is 44.2 Å². The molecular weight excluding hydrogens is 182 g/mol. The zero-order chi connectivity index (χ0) is 10.6. The summed E-state index contributed by atoms with van der Waals surface area (Å²) in [6, 6.07) is 0. The molecule has 1 fully saturated rings. The molecule has 0 bridgehead atoms. The van der Waals surface area contributed by atoms with Gasteiger partial charge in [-0.1, -0.05) is 12.8 Å². The van der Waals surface area contributed by atoms with Crippen LogP contribution in [0.4, 0.5) is 0 Å². The maximum atomic E-state index is 11.5. The van der Waals surface area contributed by atoms with Gasteiger partial charge in [-0.3, -0.25) is 0 Å². The van der Waals surface area contributed by atoms with Gasteiger partial charge in [-0.2, -0.15) is 0 Å². The second-order valence-electron chi connectivity index (χ2n) is 3.72. The molecule has 4 nitrogen and oxygen atoms in total. The quantitative estimate of drug-likeness (QED) is 0.687. The largest absolute Gasteiger partial charge is 0.468 e. The summed E-state index contributed by atoms with van der Waals surface area (Å²) < 4.78 is 10.2. The molecule has 2 atom stereocenters. The predicted octanol–water partition coefficient (Wildman–Crippen LogP) is 0.836. The molecule has 4 heteroatoms. The summed E-state index contributed by atoms with van der Waals surface area (Å²) in [6.07, 6.45) is 3.35. The lowest BCUT2D eigenvalue weighted by molar-refractivity contribution is -0.156. The molecule has 0 radical (unpaired) electrons. The topological polar surface area (TPSA) is 61.5 Å². The number of carbonyl (C=O) groups is 1. The summed E-state index contributed by atoms with van der Waals surface area (Å²) >= 11 is 0. The highest BCUT2D eigenvalue weighted by Gasteiger charge is 2.45. The molecular formula is C10H19NO3. The average molecular weight is 201 g/mol.